The predicted octanol–water partition coefficient (Wildman–Crippen LogP) is 3.90. The van der Waals surface area contributed by atoms with Crippen LogP contribution in [0.3, 0.4) is 0 Å². The average Bonchev–Trinajstić information content (AvgIpc) is 3.11. The van der Waals surface area contributed by atoms with Crippen LogP contribution in [-0.4, -0.2) is 18.3 Å². The van der Waals surface area contributed by atoms with Crippen LogP contribution in [0.15, 0.2) is 35.0 Å². The molecule has 0 amide bonds. The van der Waals surface area contributed by atoms with Gasteiger partial charge in [-0.25, -0.2) is 0 Å². The third-order valence-electron chi connectivity index (χ3n) is 3.19. The molecule has 0 saturated heterocycles. The third-order valence-corrected chi connectivity index (χ3v) is 5.06. The molecule has 1 atom stereocenters. The van der Waals surface area contributed by atoms with E-state index in [4.69, 9.17) is 5.11 Å². The second-order valence-corrected chi connectivity index (χ2v) is 6.81. The summed E-state index contributed by atoms with van der Waals surface area (Å²) >= 11 is 3.60. The van der Waals surface area contributed by atoms with Gasteiger partial charge in [0.2, 0.25) is 0 Å². The smallest absolute Gasteiger partial charge is 0.0764 e. The van der Waals surface area contributed by atoms with E-state index in [0.717, 1.165) is 19.4 Å². The van der Waals surface area contributed by atoms with E-state index >= 15 is 0 Å². The van der Waals surface area contributed by atoms with Gasteiger partial charge < -0.3 is 10.4 Å². The number of hydrogen-bond donors (Lipinski definition) is 2. The summed E-state index contributed by atoms with van der Waals surface area (Å²) in [5.74, 6) is 0.406. The summed E-state index contributed by atoms with van der Waals surface area (Å²) in [6.07, 6.45) is 2.18. The molecule has 2 aromatic heterocycles. The summed E-state index contributed by atoms with van der Waals surface area (Å²) in [5, 5.41) is 16.9. The zero-order valence-electron chi connectivity index (χ0n) is 11.2. The molecule has 0 aliphatic carbocycles. The van der Waals surface area contributed by atoms with Gasteiger partial charge in [-0.05, 0) is 48.2 Å². The van der Waals surface area contributed by atoms with Crippen molar-refractivity contribution in [2.24, 2.45) is 5.92 Å². The van der Waals surface area contributed by atoms with Crippen LogP contribution in [0.5, 0.6) is 0 Å². The first-order valence-electron chi connectivity index (χ1n) is 6.72. The van der Waals surface area contributed by atoms with Crippen LogP contribution < -0.4 is 5.32 Å². The molecule has 0 radical (unpaired) electrons. The normalized spacial score (nSPS) is 13.0. The summed E-state index contributed by atoms with van der Waals surface area (Å²) in [7, 11) is 0. The van der Waals surface area contributed by atoms with Crippen molar-refractivity contribution in [2.75, 3.05) is 13.2 Å². The Bertz CT molecular complexity index is 404. The van der Waals surface area contributed by atoms with Gasteiger partial charge in [0.25, 0.3) is 0 Å². The minimum absolute atomic E-state index is 0.291. The molecule has 4 heteroatoms. The number of aliphatic hydroxyl groups is 1. The minimum Gasteiger partial charge on any atom is -0.396 e. The van der Waals surface area contributed by atoms with E-state index in [9.17, 15) is 0 Å². The first-order chi connectivity index (χ1) is 9.31. The molecule has 1 unspecified atom stereocenters. The molecule has 0 fully saturated rings. The number of nitrogens with one attached hydrogen (secondary N) is 1. The van der Waals surface area contributed by atoms with E-state index in [1.165, 1.54) is 9.75 Å². The Morgan fingerprint density at radius 3 is 2.26 bits per heavy atom. The molecule has 0 aromatic carbocycles. The van der Waals surface area contributed by atoms with Crippen LogP contribution in [0.2, 0.25) is 0 Å². The zero-order valence-corrected chi connectivity index (χ0v) is 12.8. The molecule has 2 rings (SSSR count). The lowest BCUT2D eigenvalue weighted by atomic mass is 10.1. The molecule has 2 N–H and O–H groups in total. The molecule has 0 bridgehead atoms. The van der Waals surface area contributed by atoms with Crippen LogP contribution in [0, 0.1) is 5.92 Å². The highest BCUT2D eigenvalue weighted by Crippen LogP contribution is 2.29. The van der Waals surface area contributed by atoms with Gasteiger partial charge >= 0.3 is 0 Å². The molecule has 2 aromatic rings. The lowest BCUT2D eigenvalue weighted by Gasteiger charge is -2.16. The largest absolute Gasteiger partial charge is 0.396 e. The van der Waals surface area contributed by atoms with E-state index in [1.807, 2.05) is 0 Å². The molecular weight excluding hydrogens is 274 g/mol. The quantitative estimate of drug-likeness (QED) is 0.724. The second-order valence-electron chi connectivity index (χ2n) is 4.85. The Morgan fingerprint density at radius 1 is 1.16 bits per heavy atom. The molecule has 0 saturated carbocycles. The van der Waals surface area contributed by atoms with Crippen molar-refractivity contribution in [3.05, 3.63) is 44.8 Å². The lowest BCUT2D eigenvalue weighted by molar-refractivity contribution is 0.228. The van der Waals surface area contributed by atoms with Gasteiger partial charge in [-0.1, -0.05) is 19.1 Å². The molecule has 2 heterocycles. The SMILES string of the molecule is CC(CO)CCCNC(c1cccs1)c1cccs1. The summed E-state index contributed by atoms with van der Waals surface area (Å²) in [6.45, 7) is 3.38. The molecule has 0 aliphatic heterocycles. The van der Waals surface area contributed by atoms with Gasteiger partial charge in [0.1, 0.15) is 0 Å². The van der Waals surface area contributed by atoms with Gasteiger partial charge in [-0.15, -0.1) is 22.7 Å². The van der Waals surface area contributed by atoms with Crippen LogP contribution in [0.1, 0.15) is 35.6 Å². The van der Waals surface area contributed by atoms with Crippen molar-refractivity contribution in [1.29, 1.82) is 0 Å². The van der Waals surface area contributed by atoms with Gasteiger partial charge in [-0.2, -0.15) is 0 Å². The molecular formula is C15H21NOS2. The number of thiophene rings is 2. The maximum absolute atomic E-state index is 9.03. The predicted molar refractivity (Wildman–Crippen MR) is 84.0 cm³/mol. The van der Waals surface area contributed by atoms with Crippen molar-refractivity contribution in [3.8, 4) is 0 Å². The van der Waals surface area contributed by atoms with Crippen LogP contribution in [0.25, 0.3) is 0 Å². The van der Waals surface area contributed by atoms with Crippen LogP contribution in [0.4, 0.5) is 0 Å². The molecule has 2 nitrogen and oxygen atoms in total. The van der Waals surface area contributed by atoms with E-state index in [1.54, 1.807) is 22.7 Å². The fraction of sp³-hybridized carbons (Fsp3) is 0.467. The molecule has 104 valence electrons. The highest BCUT2D eigenvalue weighted by molar-refractivity contribution is 7.11. The fourth-order valence-corrected chi connectivity index (χ4v) is 3.75. The third kappa shape index (κ3) is 4.42. The average molecular weight is 295 g/mol. The zero-order chi connectivity index (χ0) is 13.5. The van der Waals surface area contributed by atoms with Crippen LogP contribution >= 0.6 is 22.7 Å². The summed E-state index contributed by atoms with van der Waals surface area (Å²) in [5.41, 5.74) is 0. The first kappa shape index (κ1) is 14.7. The maximum atomic E-state index is 9.03. The van der Waals surface area contributed by atoms with Crippen molar-refractivity contribution < 1.29 is 5.11 Å². The summed E-state index contributed by atoms with van der Waals surface area (Å²) in [4.78, 5) is 2.75. The van der Waals surface area contributed by atoms with E-state index in [2.05, 4.69) is 47.3 Å². The standard InChI is InChI=1S/C15H21NOS2/c1-12(11-17)5-2-8-16-15(13-6-3-9-18-13)14-7-4-10-19-14/h3-4,6-7,9-10,12,15-17H,2,5,8,11H2,1H3. The van der Waals surface area contributed by atoms with Gasteiger partial charge in [0.15, 0.2) is 0 Å². The topological polar surface area (TPSA) is 32.3 Å². The Labute approximate surface area is 123 Å². The molecule has 19 heavy (non-hydrogen) atoms. The second kappa shape index (κ2) is 7.80. The maximum Gasteiger partial charge on any atom is 0.0764 e. The van der Waals surface area contributed by atoms with Crippen molar-refractivity contribution in [1.82, 2.24) is 5.32 Å². The summed E-state index contributed by atoms with van der Waals surface area (Å²) < 4.78 is 0. The van der Waals surface area contributed by atoms with Crippen molar-refractivity contribution >= 4 is 22.7 Å². The van der Waals surface area contributed by atoms with E-state index in [0.29, 0.717) is 18.6 Å². The van der Waals surface area contributed by atoms with Crippen molar-refractivity contribution in [3.63, 3.8) is 0 Å². The highest BCUT2D eigenvalue weighted by atomic mass is 32.1. The number of aliphatic hydroxyl groups excluding tert-OH is 1. The number of hydrogen-bond acceptors (Lipinski definition) is 4. The Kier molecular flexibility index (Phi) is 6.04. The lowest BCUT2D eigenvalue weighted by Crippen LogP contribution is -2.22. The Hall–Kier alpha value is -0.680. The Balaban J connectivity index is 1.89. The van der Waals surface area contributed by atoms with Gasteiger partial charge in [-0.3, -0.25) is 0 Å². The van der Waals surface area contributed by atoms with Gasteiger partial charge in [0, 0.05) is 16.4 Å². The number of rotatable bonds is 8. The first-order valence-corrected chi connectivity index (χ1v) is 8.48. The van der Waals surface area contributed by atoms with E-state index < -0.39 is 0 Å². The van der Waals surface area contributed by atoms with Gasteiger partial charge in [0.05, 0.1) is 6.04 Å². The molecule has 0 spiro atoms. The Morgan fingerprint density at radius 2 is 1.79 bits per heavy atom. The molecule has 0 aliphatic rings. The monoisotopic (exact) mass is 295 g/mol. The summed E-state index contributed by atoms with van der Waals surface area (Å²) in [6, 6.07) is 8.92. The minimum atomic E-state index is 0.291. The van der Waals surface area contributed by atoms with Crippen molar-refractivity contribution in [2.45, 2.75) is 25.8 Å². The van der Waals surface area contributed by atoms with Crippen LogP contribution in [-0.2, 0) is 0 Å². The highest BCUT2D eigenvalue weighted by Gasteiger charge is 2.15. The fourth-order valence-electron chi connectivity index (χ4n) is 2.04. The van der Waals surface area contributed by atoms with E-state index in [-0.39, 0.29) is 0 Å².